The van der Waals surface area contributed by atoms with Gasteiger partial charge in [-0.05, 0) is 71.8 Å². The quantitative estimate of drug-likeness (QED) is 0.161. The Morgan fingerprint density at radius 2 is 1.54 bits per heavy atom. The van der Waals surface area contributed by atoms with Gasteiger partial charge in [0.1, 0.15) is 18.1 Å². The molecule has 0 radical (unpaired) electrons. The molecule has 0 amide bonds. The molecule has 0 spiro atoms. The summed E-state index contributed by atoms with van der Waals surface area (Å²) >= 11 is 0. The molecule has 3 aromatic rings. The van der Waals surface area contributed by atoms with Gasteiger partial charge in [0.2, 0.25) is 0 Å². The van der Waals surface area contributed by atoms with E-state index in [4.69, 9.17) is 25.7 Å². The number of hydrogen-bond donors (Lipinski definition) is 2. The van der Waals surface area contributed by atoms with Crippen LogP contribution in [0, 0.1) is 0 Å². The zero-order valence-electron chi connectivity index (χ0n) is 18.8. The van der Waals surface area contributed by atoms with Crippen LogP contribution in [-0.2, 0) is 22.2 Å². The van der Waals surface area contributed by atoms with E-state index in [-0.39, 0.29) is 30.9 Å². The van der Waals surface area contributed by atoms with Gasteiger partial charge in [0.25, 0.3) is 0 Å². The van der Waals surface area contributed by atoms with Crippen LogP contribution >= 0.6 is 0 Å². The number of nitrogens with two attached hydrogens (primary N) is 2. The highest BCUT2D eigenvalue weighted by Crippen LogP contribution is 2.32. The Morgan fingerprint density at radius 3 is 2.17 bits per heavy atom. The molecule has 0 heterocycles. The van der Waals surface area contributed by atoms with Crippen molar-refractivity contribution in [3.63, 3.8) is 0 Å². The molecule has 0 fully saturated rings. The third-order valence-corrected chi connectivity index (χ3v) is 4.69. The second-order valence-corrected chi connectivity index (χ2v) is 7.55. The van der Waals surface area contributed by atoms with Gasteiger partial charge in [0.15, 0.2) is 0 Å². The van der Waals surface area contributed by atoms with Crippen LogP contribution in [0.2, 0.25) is 0 Å². The summed E-state index contributed by atoms with van der Waals surface area (Å²) in [6.45, 7) is -0.341. The summed E-state index contributed by atoms with van der Waals surface area (Å²) in [5.41, 5.74) is 13.2. The zero-order chi connectivity index (χ0) is 25.3. The lowest BCUT2D eigenvalue weighted by molar-refractivity contribution is -0.185. The molecule has 0 aliphatic heterocycles. The first-order chi connectivity index (χ1) is 16.7. The van der Waals surface area contributed by atoms with E-state index in [0.29, 0.717) is 28.3 Å². The molecule has 4 N–H and O–H groups in total. The van der Waals surface area contributed by atoms with Crippen LogP contribution in [0.5, 0.6) is 11.5 Å². The Morgan fingerprint density at radius 1 is 0.914 bits per heavy atom. The second-order valence-electron chi connectivity index (χ2n) is 7.55. The lowest BCUT2D eigenvalue weighted by Crippen LogP contribution is -2.21. The van der Waals surface area contributed by atoms with Gasteiger partial charge in [-0.2, -0.15) is 8.78 Å². The van der Waals surface area contributed by atoms with Gasteiger partial charge in [-0.1, -0.05) is 12.1 Å². The number of carbonyl (C=O) groups excluding carboxylic acids is 1. The third-order valence-electron chi connectivity index (χ3n) is 4.69. The number of esters is 1. The zero-order valence-corrected chi connectivity index (χ0v) is 18.8. The fraction of sp³-hybridized carbons (Fsp3) is 0.192. The number of hydrogen-bond acceptors (Lipinski definition) is 6. The molecule has 6 nitrogen and oxygen atoms in total. The van der Waals surface area contributed by atoms with Crippen LogP contribution in [0.15, 0.2) is 72.8 Å². The van der Waals surface area contributed by atoms with Crippen molar-refractivity contribution < 1.29 is 32.2 Å². The van der Waals surface area contributed by atoms with Crippen molar-refractivity contribution in [3.05, 3.63) is 89.5 Å². The number of anilines is 2. The van der Waals surface area contributed by atoms with Crippen LogP contribution in [0.25, 0.3) is 6.08 Å². The minimum Gasteiger partial charge on any atom is -0.494 e. The highest BCUT2D eigenvalue weighted by molar-refractivity contribution is 5.87. The average molecular weight is 486 g/mol. The largest absolute Gasteiger partial charge is 0.494 e. The van der Waals surface area contributed by atoms with Gasteiger partial charge in [-0.15, -0.1) is 0 Å². The predicted molar refractivity (Wildman–Crippen MR) is 128 cm³/mol. The normalized spacial score (nSPS) is 11.4. The summed E-state index contributed by atoms with van der Waals surface area (Å²) < 4.78 is 56.4. The molecule has 0 aromatic heterocycles. The lowest BCUT2D eigenvalue weighted by atomic mass is 10.2. The summed E-state index contributed by atoms with van der Waals surface area (Å²) in [6, 6.07) is 15.8. The molecule has 0 saturated carbocycles. The van der Waals surface area contributed by atoms with Crippen molar-refractivity contribution in [2.24, 2.45) is 0 Å². The first-order valence-corrected chi connectivity index (χ1v) is 10.7. The van der Waals surface area contributed by atoms with Crippen LogP contribution < -0.4 is 20.9 Å². The number of halogens is 3. The predicted octanol–water partition coefficient (Wildman–Crippen LogP) is 5.47. The highest BCUT2D eigenvalue weighted by atomic mass is 19.3. The molecule has 9 heteroatoms. The summed E-state index contributed by atoms with van der Waals surface area (Å²) in [7, 11) is 0. The van der Waals surface area contributed by atoms with Crippen LogP contribution in [0.1, 0.15) is 23.1 Å². The topological polar surface area (TPSA) is 96.8 Å². The van der Waals surface area contributed by atoms with E-state index in [0.717, 1.165) is 0 Å². The highest BCUT2D eigenvalue weighted by Gasteiger charge is 2.34. The number of nitrogen functional groups attached to an aromatic ring is 2. The Balaban J connectivity index is 1.53. The smallest absolute Gasteiger partial charge is 0.426 e. The van der Waals surface area contributed by atoms with Gasteiger partial charge in [0.05, 0.1) is 18.8 Å². The monoisotopic (exact) mass is 486 g/mol. The lowest BCUT2D eigenvalue weighted by Gasteiger charge is -2.18. The van der Waals surface area contributed by atoms with E-state index in [1.807, 2.05) is 0 Å². The maximum absolute atomic E-state index is 14.5. The van der Waals surface area contributed by atoms with Crippen molar-refractivity contribution in [1.82, 2.24) is 0 Å². The molecule has 0 aliphatic carbocycles. The fourth-order valence-corrected chi connectivity index (χ4v) is 3.04. The number of rotatable bonds is 11. The van der Waals surface area contributed by atoms with E-state index >= 15 is 0 Å². The number of alkyl halides is 3. The van der Waals surface area contributed by atoms with Gasteiger partial charge < -0.3 is 25.7 Å². The standard InChI is InChI=1S/C26H25F3N2O4/c27-12-1-13-33-23-9-5-20(6-10-23)26(28,29)35-24-7-2-18(3-8-24)4-11-25(32)34-17-19-14-21(30)16-22(31)15-19/h2-11,14-16H,1,12-13,17,30-31H2/b11-4+. The first kappa shape index (κ1) is 25.5. The minimum absolute atomic E-state index is 0.00496. The van der Waals surface area contributed by atoms with Crippen molar-refractivity contribution in [3.8, 4) is 11.5 Å². The Bertz CT molecular complexity index is 1130. The van der Waals surface area contributed by atoms with Crippen LogP contribution in [-0.4, -0.2) is 19.3 Å². The molecule has 0 aliphatic rings. The van der Waals surface area contributed by atoms with E-state index in [1.165, 1.54) is 60.7 Å². The van der Waals surface area contributed by atoms with Gasteiger partial charge >= 0.3 is 12.1 Å². The summed E-state index contributed by atoms with van der Waals surface area (Å²) in [5, 5.41) is 0. The first-order valence-electron chi connectivity index (χ1n) is 10.7. The molecule has 3 rings (SSSR count). The van der Waals surface area contributed by atoms with Crippen molar-refractivity contribution in [1.29, 1.82) is 0 Å². The fourth-order valence-electron chi connectivity index (χ4n) is 3.04. The average Bonchev–Trinajstić information content (AvgIpc) is 2.82. The molecular weight excluding hydrogens is 461 g/mol. The Hall–Kier alpha value is -4.14. The van der Waals surface area contributed by atoms with E-state index in [2.05, 4.69) is 0 Å². The SMILES string of the molecule is Nc1cc(N)cc(COC(=O)/C=C/c2ccc(OC(F)(F)c3ccc(OCCCF)cc3)cc2)c1. The van der Waals surface area contributed by atoms with Gasteiger partial charge in [-0.25, -0.2) is 4.79 Å². The van der Waals surface area contributed by atoms with Crippen LogP contribution in [0.3, 0.4) is 0 Å². The molecule has 184 valence electrons. The molecule has 0 unspecified atom stereocenters. The molecule has 35 heavy (non-hydrogen) atoms. The molecule has 3 aromatic carbocycles. The summed E-state index contributed by atoms with van der Waals surface area (Å²) in [6.07, 6.45) is -0.647. The van der Waals surface area contributed by atoms with Crippen LogP contribution in [0.4, 0.5) is 24.5 Å². The minimum atomic E-state index is -3.58. The van der Waals surface area contributed by atoms with Crippen molar-refractivity contribution in [2.75, 3.05) is 24.7 Å². The molecule has 0 saturated heterocycles. The van der Waals surface area contributed by atoms with Gasteiger partial charge in [-0.3, -0.25) is 4.39 Å². The Labute approximate surface area is 200 Å². The van der Waals surface area contributed by atoms with E-state index < -0.39 is 18.8 Å². The van der Waals surface area contributed by atoms with E-state index in [1.54, 1.807) is 18.2 Å². The van der Waals surface area contributed by atoms with Crippen molar-refractivity contribution in [2.45, 2.75) is 19.1 Å². The maximum atomic E-state index is 14.5. The second kappa shape index (κ2) is 11.8. The van der Waals surface area contributed by atoms with Crippen molar-refractivity contribution >= 4 is 23.4 Å². The van der Waals surface area contributed by atoms with E-state index in [9.17, 15) is 18.0 Å². The molecule has 0 atom stereocenters. The molecular formula is C26H25F3N2O4. The number of benzene rings is 3. The van der Waals surface area contributed by atoms with Gasteiger partial charge in [0, 0.05) is 23.9 Å². The summed E-state index contributed by atoms with van der Waals surface area (Å²) in [4.78, 5) is 11.9. The molecule has 0 bridgehead atoms. The number of ether oxygens (including phenoxy) is 3. The summed E-state index contributed by atoms with van der Waals surface area (Å²) in [5.74, 6) is -0.281. The Kier molecular flexibility index (Phi) is 8.61. The number of carbonyl (C=O) groups is 1. The third kappa shape index (κ3) is 7.99. The maximum Gasteiger partial charge on any atom is 0.426 e.